The maximum Gasteiger partial charge on any atom is 0.0510 e. The van der Waals surface area contributed by atoms with Crippen LogP contribution < -0.4 is 5.73 Å². The molecule has 0 aliphatic carbocycles. The number of rotatable bonds is 3. The van der Waals surface area contributed by atoms with Crippen LogP contribution in [0.5, 0.6) is 0 Å². The number of hydrogen-bond acceptors (Lipinski definition) is 2. The maximum absolute atomic E-state index is 6.44. The van der Waals surface area contributed by atoms with Gasteiger partial charge < -0.3 is 5.73 Å². The van der Waals surface area contributed by atoms with Crippen molar-refractivity contribution in [2.75, 3.05) is 19.6 Å². The van der Waals surface area contributed by atoms with Gasteiger partial charge >= 0.3 is 0 Å². The summed E-state index contributed by atoms with van der Waals surface area (Å²) in [5.41, 5.74) is 8.89. The molecule has 2 rings (SSSR count). The van der Waals surface area contributed by atoms with E-state index >= 15 is 0 Å². The van der Waals surface area contributed by atoms with Crippen LogP contribution in [0.15, 0.2) is 42.0 Å². The molecule has 1 aromatic rings. The van der Waals surface area contributed by atoms with Crippen LogP contribution >= 0.6 is 0 Å². The van der Waals surface area contributed by atoms with Gasteiger partial charge in [0.25, 0.3) is 0 Å². The molecule has 1 unspecified atom stereocenters. The minimum absolute atomic E-state index is 0.264. The van der Waals surface area contributed by atoms with Crippen molar-refractivity contribution in [1.29, 1.82) is 0 Å². The van der Waals surface area contributed by atoms with Crippen LogP contribution in [0.2, 0.25) is 0 Å². The summed E-state index contributed by atoms with van der Waals surface area (Å²) in [6.07, 6.45) is 3.48. The SMILES string of the molecule is CC1=CCN(CC(C)(N)c2ccccc2)CC1. The quantitative estimate of drug-likeness (QED) is 0.808. The smallest absolute Gasteiger partial charge is 0.0510 e. The second kappa shape index (κ2) is 5.03. The van der Waals surface area contributed by atoms with Gasteiger partial charge in [-0.2, -0.15) is 0 Å². The Bertz CT molecular complexity index is 393. The van der Waals surface area contributed by atoms with Crippen LogP contribution in [0.25, 0.3) is 0 Å². The highest BCUT2D eigenvalue weighted by Gasteiger charge is 2.24. The largest absolute Gasteiger partial charge is 0.321 e. The highest BCUT2D eigenvalue weighted by molar-refractivity contribution is 5.23. The first-order valence-corrected chi connectivity index (χ1v) is 6.30. The van der Waals surface area contributed by atoms with Crippen LogP contribution in [0.1, 0.15) is 25.8 Å². The number of hydrogen-bond donors (Lipinski definition) is 1. The lowest BCUT2D eigenvalue weighted by atomic mass is 9.92. The van der Waals surface area contributed by atoms with Gasteiger partial charge in [0.1, 0.15) is 0 Å². The van der Waals surface area contributed by atoms with Gasteiger partial charge in [-0.05, 0) is 25.8 Å². The predicted molar refractivity (Wildman–Crippen MR) is 72.8 cm³/mol. The Morgan fingerprint density at radius 2 is 2.00 bits per heavy atom. The molecule has 0 radical (unpaired) electrons. The molecule has 1 aliphatic rings. The molecule has 0 bridgehead atoms. The van der Waals surface area contributed by atoms with Crippen molar-refractivity contribution in [1.82, 2.24) is 4.90 Å². The Morgan fingerprint density at radius 1 is 1.29 bits per heavy atom. The molecule has 2 heteroatoms. The van der Waals surface area contributed by atoms with Crippen molar-refractivity contribution in [3.05, 3.63) is 47.5 Å². The highest BCUT2D eigenvalue weighted by atomic mass is 15.1. The molecule has 0 spiro atoms. The van der Waals surface area contributed by atoms with Crippen LogP contribution in [0.3, 0.4) is 0 Å². The zero-order chi connectivity index (χ0) is 12.3. The first-order valence-electron chi connectivity index (χ1n) is 6.30. The summed E-state index contributed by atoms with van der Waals surface area (Å²) in [7, 11) is 0. The highest BCUT2D eigenvalue weighted by Crippen LogP contribution is 2.20. The maximum atomic E-state index is 6.44. The second-order valence-corrected chi connectivity index (χ2v) is 5.32. The average Bonchev–Trinajstić information content (AvgIpc) is 2.33. The van der Waals surface area contributed by atoms with E-state index in [1.54, 1.807) is 0 Å². The van der Waals surface area contributed by atoms with Crippen molar-refractivity contribution in [2.24, 2.45) is 5.73 Å². The van der Waals surface area contributed by atoms with Crippen LogP contribution in [0, 0.1) is 0 Å². The zero-order valence-corrected chi connectivity index (χ0v) is 10.8. The standard InChI is InChI=1S/C15H22N2/c1-13-8-10-17(11-9-13)12-15(2,16)14-6-4-3-5-7-14/h3-8H,9-12,16H2,1-2H3. The molecule has 2 nitrogen and oxygen atoms in total. The topological polar surface area (TPSA) is 29.3 Å². The summed E-state index contributed by atoms with van der Waals surface area (Å²) in [4.78, 5) is 2.43. The summed E-state index contributed by atoms with van der Waals surface area (Å²) in [6.45, 7) is 7.40. The van der Waals surface area contributed by atoms with Gasteiger partial charge in [0.15, 0.2) is 0 Å². The summed E-state index contributed by atoms with van der Waals surface area (Å²) < 4.78 is 0. The van der Waals surface area contributed by atoms with E-state index in [1.807, 2.05) is 6.07 Å². The number of nitrogens with zero attached hydrogens (tertiary/aromatic N) is 1. The molecule has 1 aromatic carbocycles. The second-order valence-electron chi connectivity index (χ2n) is 5.32. The molecular formula is C15H22N2. The van der Waals surface area contributed by atoms with Gasteiger partial charge in [-0.1, -0.05) is 42.0 Å². The van der Waals surface area contributed by atoms with Gasteiger partial charge in [-0.15, -0.1) is 0 Å². The Hall–Kier alpha value is -1.12. The lowest BCUT2D eigenvalue weighted by molar-refractivity contribution is 0.231. The fourth-order valence-corrected chi connectivity index (χ4v) is 2.33. The van der Waals surface area contributed by atoms with Gasteiger partial charge in [-0.25, -0.2) is 0 Å². The molecule has 17 heavy (non-hydrogen) atoms. The average molecular weight is 230 g/mol. The summed E-state index contributed by atoms with van der Waals surface area (Å²) in [6, 6.07) is 10.4. The van der Waals surface area contributed by atoms with E-state index in [0.717, 1.165) is 19.6 Å². The third-order valence-corrected chi connectivity index (χ3v) is 3.51. The molecule has 1 heterocycles. The summed E-state index contributed by atoms with van der Waals surface area (Å²) in [5.74, 6) is 0. The van der Waals surface area contributed by atoms with E-state index in [1.165, 1.54) is 17.6 Å². The molecule has 92 valence electrons. The Labute approximate surface area is 104 Å². The Morgan fingerprint density at radius 3 is 2.59 bits per heavy atom. The molecule has 0 fully saturated rings. The normalized spacial score (nSPS) is 20.8. The number of benzene rings is 1. The molecule has 1 aliphatic heterocycles. The third-order valence-electron chi connectivity index (χ3n) is 3.51. The van der Waals surface area contributed by atoms with Crippen molar-refractivity contribution < 1.29 is 0 Å². The summed E-state index contributed by atoms with van der Waals surface area (Å²) in [5, 5.41) is 0. The lowest BCUT2D eigenvalue weighted by Gasteiger charge is -2.34. The van der Waals surface area contributed by atoms with Crippen LogP contribution in [-0.2, 0) is 5.54 Å². The predicted octanol–water partition coefficient (Wildman–Crippen LogP) is 2.51. The Balaban J connectivity index is 2.03. The van der Waals surface area contributed by atoms with Crippen molar-refractivity contribution >= 4 is 0 Å². The van der Waals surface area contributed by atoms with Gasteiger partial charge in [0.2, 0.25) is 0 Å². The van der Waals surface area contributed by atoms with Crippen LogP contribution in [0.4, 0.5) is 0 Å². The lowest BCUT2D eigenvalue weighted by Crippen LogP contribution is -2.46. The molecule has 0 saturated carbocycles. The van der Waals surface area contributed by atoms with Crippen molar-refractivity contribution in [2.45, 2.75) is 25.8 Å². The third kappa shape index (κ3) is 3.18. The molecular weight excluding hydrogens is 208 g/mol. The van der Waals surface area contributed by atoms with E-state index in [9.17, 15) is 0 Å². The molecule has 0 aromatic heterocycles. The van der Waals surface area contributed by atoms with Gasteiger partial charge in [-0.3, -0.25) is 4.90 Å². The first-order chi connectivity index (χ1) is 8.08. The van der Waals surface area contributed by atoms with Crippen molar-refractivity contribution in [3.63, 3.8) is 0 Å². The first kappa shape index (κ1) is 12.3. The zero-order valence-electron chi connectivity index (χ0n) is 10.8. The van der Waals surface area contributed by atoms with E-state index in [-0.39, 0.29) is 5.54 Å². The molecule has 1 atom stereocenters. The van der Waals surface area contributed by atoms with E-state index in [2.05, 4.69) is 49.1 Å². The number of nitrogens with two attached hydrogens (primary N) is 1. The molecule has 0 amide bonds. The van der Waals surface area contributed by atoms with Crippen LogP contribution in [-0.4, -0.2) is 24.5 Å². The van der Waals surface area contributed by atoms with Gasteiger partial charge in [0.05, 0.1) is 5.54 Å². The monoisotopic (exact) mass is 230 g/mol. The summed E-state index contributed by atoms with van der Waals surface area (Å²) >= 11 is 0. The molecule has 2 N–H and O–H groups in total. The minimum Gasteiger partial charge on any atom is -0.321 e. The fraction of sp³-hybridized carbons (Fsp3) is 0.467. The van der Waals surface area contributed by atoms with E-state index < -0.39 is 0 Å². The molecule has 0 saturated heterocycles. The fourth-order valence-electron chi connectivity index (χ4n) is 2.33. The Kier molecular flexibility index (Phi) is 3.65. The van der Waals surface area contributed by atoms with E-state index in [4.69, 9.17) is 5.73 Å². The van der Waals surface area contributed by atoms with E-state index in [0.29, 0.717) is 0 Å². The minimum atomic E-state index is -0.264. The van der Waals surface area contributed by atoms with Gasteiger partial charge in [0, 0.05) is 19.6 Å². The van der Waals surface area contributed by atoms with Crippen molar-refractivity contribution in [3.8, 4) is 0 Å².